The zero-order chi connectivity index (χ0) is 27.0. The van der Waals surface area contributed by atoms with Crippen molar-refractivity contribution < 1.29 is 9.53 Å². The summed E-state index contributed by atoms with van der Waals surface area (Å²) in [6, 6.07) is 22.9. The molecule has 0 unspecified atom stereocenters. The van der Waals surface area contributed by atoms with Crippen LogP contribution in [0.15, 0.2) is 66.9 Å². The van der Waals surface area contributed by atoms with Crippen molar-refractivity contribution in [1.82, 2.24) is 4.98 Å². The zero-order valence-corrected chi connectivity index (χ0v) is 22.8. The number of pyridine rings is 1. The number of ether oxygens (including phenoxy) is 1. The van der Waals surface area contributed by atoms with Crippen molar-refractivity contribution in [2.24, 2.45) is 11.8 Å². The van der Waals surface area contributed by atoms with Crippen LogP contribution in [0.3, 0.4) is 0 Å². The number of benzene rings is 2. The smallest absolute Gasteiger partial charge is 0.309 e. The Morgan fingerprint density at radius 2 is 1.87 bits per heavy atom. The standard InChI is InChI=1S/C33H38N4O2/c1-39-33(38)20-25-6-4-9-27(18-25)28-15-16-35-32(21-28)36-31-10-3-2-8-29(31)19-26-7-5-17-37(23-26)30-13-11-24(22-34)12-14-30/h4,6,9,11-16,18,21,26,29,31H,2-3,5,7-8,10,17,19-20,23H2,1H3,(H,35,36)/t26-,29+,31-/m1/s1. The van der Waals surface area contributed by atoms with Crippen LogP contribution in [0.1, 0.15) is 56.1 Å². The van der Waals surface area contributed by atoms with Crippen LogP contribution in [0.4, 0.5) is 11.5 Å². The normalized spacial score (nSPS) is 21.1. The van der Waals surface area contributed by atoms with Gasteiger partial charge < -0.3 is 15.0 Å². The molecular weight excluding hydrogens is 484 g/mol. The summed E-state index contributed by atoms with van der Waals surface area (Å²) in [6.07, 6.45) is 10.9. The molecule has 202 valence electrons. The minimum atomic E-state index is -0.231. The van der Waals surface area contributed by atoms with E-state index >= 15 is 0 Å². The molecule has 2 aliphatic rings. The Bertz CT molecular complexity index is 1300. The van der Waals surface area contributed by atoms with Crippen molar-refractivity contribution in [3.8, 4) is 17.2 Å². The summed E-state index contributed by atoms with van der Waals surface area (Å²) >= 11 is 0. The van der Waals surface area contributed by atoms with Gasteiger partial charge >= 0.3 is 5.97 Å². The van der Waals surface area contributed by atoms with Gasteiger partial charge in [-0.05, 0) is 97.0 Å². The molecule has 0 amide bonds. The number of rotatable bonds is 8. The second kappa shape index (κ2) is 12.8. The van der Waals surface area contributed by atoms with Crippen LogP contribution < -0.4 is 10.2 Å². The first-order valence-corrected chi connectivity index (χ1v) is 14.2. The van der Waals surface area contributed by atoms with E-state index in [1.165, 1.54) is 57.7 Å². The molecule has 2 fully saturated rings. The minimum Gasteiger partial charge on any atom is -0.469 e. The Balaban J connectivity index is 1.24. The van der Waals surface area contributed by atoms with E-state index in [-0.39, 0.29) is 12.4 Å². The fourth-order valence-electron chi connectivity index (χ4n) is 6.33. The Labute approximate surface area is 232 Å². The van der Waals surface area contributed by atoms with Crippen LogP contribution in [0.5, 0.6) is 0 Å². The van der Waals surface area contributed by atoms with Gasteiger partial charge in [-0.3, -0.25) is 4.79 Å². The van der Waals surface area contributed by atoms with Gasteiger partial charge in [0, 0.05) is 31.0 Å². The predicted octanol–water partition coefficient (Wildman–Crippen LogP) is 6.61. The molecule has 1 saturated carbocycles. The number of piperidine rings is 1. The van der Waals surface area contributed by atoms with Crippen LogP contribution >= 0.6 is 0 Å². The second-order valence-corrected chi connectivity index (χ2v) is 11.0. The lowest BCUT2D eigenvalue weighted by molar-refractivity contribution is -0.139. The molecule has 0 radical (unpaired) electrons. The van der Waals surface area contributed by atoms with Crippen LogP contribution in [-0.4, -0.2) is 37.2 Å². The van der Waals surface area contributed by atoms with E-state index in [4.69, 9.17) is 10.00 Å². The van der Waals surface area contributed by atoms with Crippen molar-refractivity contribution in [2.45, 2.75) is 57.4 Å². The summed E-state index contributed by atoms with van der Waals surface area (Å²) in [5.41, 5.74) is 5.06. The first-order chi connectivity index (χ1) is 19.1. The molecule has 39 heavy (non-hydrogen) atoms. The largest absolute Gasteiger partial charge is 0.469 e. The Hall–Kier alpha value is -3.85. The van der Waals surface area contributed by atoms with Gasteiger partial charge in [-0.15, -0.1) is 0 Å². The van der Waals surface area contributed by atoms with E-state index < -0.39 is 0 Å². The molecule has 1 aliphatic carbocycles. The molecule has 6 heteroatoms. The van der Waals surface area contributed by atoms with Crippen molar-refractivity contribution in [1.29, 1.82) is 5.26 Å². The Morgan fingerprint density at radius 1 is 1.05 bits per heavy atom. The number of hydrogen-bond donors (Lipinski definition) is 1. The maximum Gasteiger partial charge on any atom is 0.309 e. The van der Waals surface area contributed by atoms with Crippen LogP contribution in [0, 0.1) is 23.2 Å². The number of nitrogens with zero attached hydrogens (tertiary/aromatic N) is 3. The third-order valence-electron chi connectivity index (χ3n) is 8.36. The van der Waals surface area contributed by atoms with Gasteiger partial charge in [0.2, 0.25) is 0 Å². The number of nitriles is 1. The molecule has 2 heterocycles. The third kappa shape index (κ3) is 6.97. The van der Waals surface area contributed by atoms with Gasteiger partial charge in [0.1, 0.15) is 5.82 Å². The first-order valence-electron chi connectivity index (χ1n) is 14.2. The molecular formula is C33H38N4O2. The number of esters is 1. The predicted molar refractivity (Wildman–Crippen MR) is 155 cm³/mol. The molecule has 1 N–H and O–H groups in total. The molecule has 0 spiro atoms. The number of nitrogens with one attached hydrogen (secondary N) is 1. The third-order valence-corrected chi connectivity index (χ3v) is 8.36. The number of methoxy groups -OCH3 is 1. The number of carbonyl (C=O) groups is 1. The number of anilines is 2. The first kappa shape index (κ1) is 26.7. The number of carbonyl (C=O) groups excluding carboxylic acids is 1. The van der Waals surface area contributed by atoms with Gasteiger partial charge in [-0.25, -0.2) is 4.98 Å². The van der Waals surface area contributed by atoms with E-state index in [0.29, 0.717) is 17.9 Å². The molecule has 5 rings (SSSR count). The maximum absolute atomic E-state index is 11.7. The van der Waals surface area contributed by atoms with Crippen molar-refractivity contribution in [3.63, 3.8) is 0 Å². The Kier molecular flexibility index (Phi) is 8.78. The van der Waals surface area contributed by atoms with Gasteiger partial charge in [0.25, 0.3) is 0 Å². The molecule has 3 atom stereocenters. The maximum atomic E-state index is 11.7. The number of hydrogen-bond acceptors (Lipinski definition) is 6. The lowest BCUT2D eigenvalue weighted by Gasteiger charge is -2.39. The lowest BCUT2D eigenvalue weighted by atomic mass is 9.77. The summed E-state index contributed by atoms with van der Waals surface area (Å²) in [4.78, 5) is 18.9. The highest BCUT2D eigenvalue weighted by molar-refractivity contribution is 5.74. The van der Waals surface area contributed by atoms with E-state index in [1.54, 1.807) is 0 Å². The second-order valence-electron chi connectivity index (χ2n) is 11.0. The van der Waals surface area contributed by atoms with Gasteiger partial charge in [-0.1, -0.05) is 37.1 Å². The highest BCUT2D eigenvalue weighted by atomic mass is 16.5. The number of aromatic nitrogens is 1. The lowest BCUT2D eigenvalue weighted by Crippen LogP contribution is -2.39. The van der Waals surface area contributed by atoms with Crippen LogP contribution in [0.25, 0.3) is 11.1 Å². The van der Waals surface area contributed by atoms with E-state index in [0.717, 1.165) is 41.2 Å². The average Bonchev–Trinajstić information content (AvgIpc) is 2.98. The van der Waals surface area contributed by atoms with Crippen LogP contribution in [0.2, 0.25) is 0 Å². The quantitative estimate of drug-likeness (QED) is 0.335. The summed E-state index contributed by atoms with van der Waals surface area (Å²) in [6.45, 7) is 2.18. The van der Waals surface area contributed by atoms with E-state index in [1.807, 2.05) is 36.5 Å². The fourth-order valence-corrected chi connectivity index (χ4v) is 6.33. The molecule has 3 aromatic rings. The van der Waals surface area contributed by atoms with Crippen molar-refractivity contribution in [3.05, 3.63) is 78.0 Å². The molecule has 1 aliphatic heterocycles. The fraction of sp³-hybridized carbons (Fsp3) is 0.424. The van der Waals surface area contributed by atoms with Gasteiger partial charge in [0.15, 0.2) is 0 Å². The zero-order valence-electron chi connectivity index (χ0n) is 22.8. The van der Waals surface area contributed by atoms with Crippen molar-refractivity contribution in [2.75, 3.05) is 30.4 Å². The summed E-state index contributed by atoms with van der Waals surface area (Å²) in [7, 11) is 1.42. The Morgan fingerprint density at radius 3 is 2.69 bits per heavy atom. The van der Waals surface area contributed by atoms with Gasteiger partial charge in [-0.2, -0.15) is 5.26 Å². The van der Waals surface area contributed by atoms with E-state index in [2.05, 4.69) is 51.6 Å². The minimum absolute atomic E-state index is 0.231. The highest BCUT2D eigenvalue weighted by Crippen LogP contribution is 2.35. The van der Waals surface area contributed by atoms with Crippen molar-refractivity contribution >= 4 is 17.5 Å². The summed E-state index contributed by atoms with van der Waals surface area (Å²) < 4.78 is 4.83. The summed E-state index contributed by atoms with van der Waals surface area (Å²) in [5, 5.41) is 12.9. The van der Waals surface area contributed by atoms with Gasteiger partial charge in [0.05, 0.1) is 25.2 Å². The topological polar surface area (TPSA) is 78.2 Å². The van der Waals surface area contributed by atoms with E-state index in [9.17, 15) is 4.79 Å². The molecule has 1 aromatic heterocycles. The molecule has 2 aromatic carbocycles. The average molecular weight is 523 g/mol. The monoisotopic (exact) mass is 522 g/mol. The SMILES string of the molecule is COC(=O)Cc1cccc(-c2ccnc(N[C@@H]3CCCC[C@H]3C[C@H]3CCCN(c4ccc(C#N)cc4)C3)c2)c1. The molecule has 1 saturated heterocycles. The molecule has 6 nitrogen and oxygen atoms in total. The highest BCUT2D eigenvalue weighted by Gasteiger charge is 2.30. The molecule has 0 bridgehead atoms. The van der Waals surface area contributed by atoms with Crippen LogP contribution in [-0.2, 0) is 16.0 Å². The summed E-state index contributed by atoms with van der Waals surface area (Å²) in [5.74, 6) is 2.01.